The van der Waals surface area contributed by atoms with E-state index in [0.29, 0.717) is 37.7 Å². The molecule has 1 saturated carbocycles. The largest absolute Gasteiger partial charge is 0.497 e. The summed E-state index contributed by atoms with van der Waals surface area (Å²) >= 11 is 0. The first kappa shape index (κ1) is 21.4. The van der Waals surface area contributed by atoms with E-state index < -0.39 is 0 Å². The molecule has 1 saturated heterocycles. The molecule has 1 aliphatic carbocycles. The summed E-state index contributed by atoms with van der Waals surface area (Å²) in [6.45, 7) is 1.85. The molecule has 0 spiro atoms. The molecule has 2 atom stereocenters. The zero-order valence-corrected chi connectivity index (χ0v) is 17.6. The van der Waals surface area contributed by atoms with Crippen LogP contribution in [0, 0.1) is 11.8 Å². The Morgan fingerprint density at radius 3 is 2.52 bits per heavy atom. The van der Waals surface area contributed by atoms with Crippen molar-refractivity contribution < 1.29 is 23.8 Å². The van der Waals surface area contributed by atoms with Gasteiger partial charge in [0.05, 0.1) is 26.7 Å². The zero-order valence-electron chi connectivity index (χ0n) is 17.6. The highest BCUT2D eigenvalue weighted by molar-refractivity contribution is 5.84. The summed E-state index contributed by atoms with van der Waals surface area (Å²) < 4.78 is 16.0. The normalized spacial score (nSPS) is 22.0. The van der Waals surface area contributed by atoms with E-state index in [9.17, 15) is 9.59 Å². The average molecular weight is 405 g/mol. The van der Waals surface area contributed by atoms with Gasteiger partial charge < -0.3 is 24.4 Å². The number of hydrogen-bond donors (Lipinski definition) is 1. The van der Waals surface area contributed by atoms with Crippen LogP contribution in [0.2, 0.25) is 0 Å². The standard InChI is InChI=1S/C22H32N2O5/c1-27-11-10-23-21(25)19-14-24(22(26)15-6-4-5-7-15)13-18(19)17-12-16(28-2)8-9-20(17)29-3/h8-9,12,15,18-19H,4-7,10-11,13-14H2,1-3H3,(H,23,25)/t18-,19-/m1/s1. The van der Waals surface area contributed by atoms with Crippen LogP contribution in [-0.2, 0) is 14.3 Å². The van der Waals surface area contributed by atoms with Crippen LogP contribution >= 0.6 is 0 Å². The summed E-state index contributed by atoms with van der Waals surface area (Å²) in [6, 6.07) is 5.62. The number of carbonyl (C=O) groups is 2. The van der Waals surface area contributed by atoms with E-state index in [1.54, 1.807) is 21.3 Å². The molecular formula is C22H32N2O5. The fourth-order valence-electron chi connectivity index (χ4n) is 4.53. The summed E-state index contributed by atoms with van der Waals surface area (Å²) in [5, 5.41) is 2.95. The molecule has 0 radical (unpaired) electrons. The molecule has 2 amide bonds. The molecule has 29 heavy (non-hydrogen) atoms. The van der Waals surface area contributed by atoms with Crippen molar-refractivity contribution in [2.24, 2.45) is 11.8 Å². The molecule has 7 nitrogen and oxygen atoms in total. The summed E-state index contributed by atoms with van der Waals surface area (Å²) in [5.74, 6) is 1.16. The number of carbonyl (C=O) groups excluding carboxylic acids is 2. The minimum absolute atomic E-state index is 0.0568. The van der Waals surface area contributed by atoms with Crippen LogP contribution in [0.4, 0.5) is 0 Å². The second-order valence-corrected chi connectivity index (χ2v) is 7.83. The van der Waals surface area contributed by atoms with E-state index in [2.05, 4.69) is 5.32 Å². The maximum Gasteiger partial charge on any atom is 0.225 e. The highest BCUT2D eigenvalue weighted by atomic mass is 16.5. The lowest BCUT2D eigenvalue weighted by Gasteiger charge is -2.21. The Labute approximate surface area is 172 Å². The molecule has 160 valence electrons. The SMILES string of the molecule is COCCNC(=O)[C@@H]1CN(C(=O)C2CCCC2)C[C@@H]1c1cc(OC)ccc1OC. The number of nitrogens with one attached hydrogen (secondary N) is 1. The highest BCUT2D eigenvalue weighted by Gasteiger charge is 2.43. The van der Waals surface area contributed by atoms with Crippen LogP contribution < -0.4 is 14.8 Å². The lowest BCUT2D eigenvalue weighted by atomic mass is 9.87. The van der Waals surface area contributed by atoms with Gasteiger partial charge in [0.2, 0.25) is 11.8 Å². The molecule has 2 fully saturated rings. The minimum atomic E-state index is -0.335. The third-order valence-corrected chi connectivity index (χ3v) is 6.11. The number of amides is 2. The molecular weight excluding hydrogens is 372 g/mol. The molecule has 1 aromatic carbocycles. The van der Waals surface area contributed by atoms with Crippen LogP contribution in [-0.4, -0.2) is 64.3 Å². The third kappa shape index (κ3) is 4.83. The van der Waals surface area contributed by atoms with Gasteiger partial charge in [0, 0.05) is 44.1 Å². The minimum Gasteiger partial charge on any atom is -0.497 e. The molecule has 2 aliphatic rings. The van der Waals surface area contributed by atoms with Crippen LogP contribution in [0.15, 0.2) is 18.2 Å². The average Bonchev–Trinajstić information content (AvgIpc) is 3.43. The van der Waals surface area contributed by atoms with Gasteiger partial charge in [-0.1, -0.05) is 12.8 Å². The van der Waals surface area contributed by atoms with Crippen molar-refractivity contribution in [3.8, 4) is 11.5 Å². The second-order valence-electron chi connectivity index (χ2n) is 7.83. The molecule has 1 aliphatic heterocycles. The van der Waals surface area contributed by atoms with Gasteiger partial charge in [-0.05, 0) is 31.0 Å². The number of rotatable bonds is 8. The third-order valence-electron chi connectivity index (χ3n) is 6.11. The van der Waals surface area contributed by atoms with Gasteiger partial charge in [-0.2, -0.15) is 0 Å². The zero-order chi connectivity index (χ0) is 20.8. The molecule has 1 N–H and O–H groups in total. The van der Waals surface area contributed by atoms with E-state index in [1.807, 2.05) is 23.1 Å². The highest BCUT2D eigenvalue weighted by Crippen LogP contribution is 2.40. The van der Waals surface area contributed by atoms with Crippen molar-refractivity contribution in [1.29, 1.82) is 0 Å². The van der Waals surface area contributed by atoms with Gasteiger partial charge in [-0.3, -0.25) is 9.59 Å². The van der Waals surface area contributed by atoms with Crippen LogP contribution in [0.25, 0.3) is 0 Å². The fraction of sp³-hybridized carbons (Fsp3) is 0.636. The van der Waals surface area contributed by atoms with Crippen molar-refractivity contribution in [3.05, 3.63) is 23.8 Å². The van der Waals surface area contributed by atoms with Gasteiger partial charge in [-0.15, -0.1) is 0 Å². The number of ether oxygens (including phenoxy) is 3. The Bertz CT molecular complexity index is 717. The Balaban J connectivity index is 1.86. The van der Waals surface area contributed by atoms with Crippen LogP contribution in [0.5, 0.6) is 11.5 Å². The summed E-state index contributed by atoms with van der Waals surface area (Å²) in [4.78, 5) is 27.9. The van der Waals surface area contributed by atoms with E-state index in [-0.39, 0.29) is 29.6 Å². The van der Waals surface area contributed by atoms with Crippen molar-refractivity contribution >= 4 is 11.8 Å². The van der Waals surface area contributed by atoms with Gasteiger partial charge in [0.1, 0.15) is 11.5 Å². The summed E-state index contributed by atoms with van der Waals surface area (Å²) in [7, 11) is 4.84. The monoisotopic (exact) mass is 404 g/mol. The summed E-state index contributed by atoms with van der Waals surface area (Å²) in [6.07, 6.45) is 4.12. The molecule has 0 aromatic heterocycles. The topological polar surface area (TPSA) is 77.1 Å². The van der Waals surface area contributed by atoms with Gasteiger partial charge in [0.15, 0.2) is 0 Å². The van der Waals surface area contributed by atoms with Gasteiger partial charge in [0.25, 0.3) is 0 Å². The van der Waals surface area contributed by atoms with Crippen molar-refractivity contribution in [3.63, 3.8) is 0 Å². The lowest BCUT2D eigenvalue weighted by molar-refractivity contribution is -0.134. The smallest absolute Gasteiger partial charge is 0.225 e. The van der Waals surface area contributed by atoms with Gasteiger partial charge in [-0.25, -0.2) is 0 Å². The van der Waals surface area contributed by atoms with E-state index >= 15 is 0 Å². The molecule has 0 unspecified atom stereocenters. The lowest BCUT2D eigenvalue weighted by Crippen LogP contribution is -2.38. The maximum atomic E-state index is 13.0. The Hall–Kier alpha value is -2.28. The van der Waals surface area contributed by atoms with E-state index in [4.69, 9.17) is 14.2 Å². The Morgan fingerprint density at radius 1 is 1.10 bits per heavy atom. The number of benzene rings is 1. The van der Waals surface area contributed by atoms with Crippen LogP contribution in [0.1, 0.15) is 37.2 Å². The fourth-order valence-corrected chi connectivity index (χ4v) is 4.53. The van der Waals surface area contributed by atoms with E-state index in [1.165, 1.54) is 0 Å². The van der Waals surface area contributed by atoms with Crippen molar-refractivity contribution in [1.82, 2.24) is 10.2 Å². The predicted octanol–water partition coefficient (Wildman–Crippen LogP) is 2.20. The predicted molar refractivity (Wildman–Crippen MR) is 109 cm³/mol. The second kappa shape index (κ2) is 9.96. The summed E-state index contributed by atoms with van der Waals surface area (Å²) in [5.41, 5.74) is 0.903. The molecule has 3 rings (SSSR count). The quantitative estimate of drug-likeness (QED) is 0.672. The number of methoxy groups -OCH3 is 3. The van der Waals surface area contributed by atoms with Crippen LogP contribution in [0.3, 0.4) is 0 Å². The number of hydrogen-bond acceptors (Lipinski definition) is 5. The molecule has 1 aromatic rings. The van der Waals surface area contributed by atoms with Gasteiger partial charge >= 0.3 is 0 Å². The number of likely N-dealkylation sites (tertiary alicyclic amines) is 1. The Kier molecular flexibility index (Phi) is 7.36. The molecule has 1 heterocycles. The Morgan fingerprint density at radius 2 is 1.86 bits per heavy atom. The van der Waals surface area contributed by atoms with Crippen molar-refractivity contribution in [2.75, 3.05) is 47.6 Å². The maximum absolute atomic E-state index is 13.0. The first-order chi connectivity index (χ1) is 14.1. The first-order valence-electron chi connectivity index (χ1n) is 10.4. The molecule has 7 heteroatoms. The number of nitrogens with zero attached hydrogens (tertiary/aromatic N) is 1. The first-order valence-corrected chi connectivity index (χ1v) is 10.4. The van der Waals surface area contributed by atoms with Crippen molar-refractivity contribution in [2.45, 2.75) is 31.6 Å². The van der Waals surface area contributed by atoms with E-state index in [0.717, 1.165) is 31.2 Å². The molecule has 0 bridgehead atoms.